The number of aliphatic hydroxyl groups is 1. The highest BCUT2D eigenvalue weighted by Gasteiger charge is 2.60. The molecule has 7 nitrogen and oxygen atoms in total. The van der Waals surface area contributed by atoms with E-state index in [0.29, 0.717) is 26.0 Å². The lowest BCUT2D eigenvalue weighted by Crippen LogP contribution is -2.57. The molecule has 0 aromatic carbocycles. The lowest BCUT2D eigenvalue weighted by Gasteiger charge is -2.41. The van der Waals surface area contributed by atoms with Crippen LogP contribution in [-0.2, 0) is 19.0 Å². The fourth-order valence-corrected chi connectivity index (χ4v) is 2.90. The molecule has 2 aliphatic rings. The Kier molecular flexibility index (Phi) is 4.67. The van der Waals surface area contributed by atoms with E-state index in [9.17, 15) is 14.7 Å². The second-order valence-corrected chi connectivity index (χ2v) is 6.92. The predicted molar refractivity (Wildman–Crippen MR) is 77.2 cm³/mol. The van der Waals surface area contributed by atoms with Crippen LogP contribution < -0.4 is 0 Å². The highest BCUT2D eigenvalue weighted by Crippen LogP contribution is 2.54. The van der Waals surface area contributed by atoms with Crippen LogP contribution in [-0.4, -0.2) is 66.7 Å². The summed E-state index contributed by atoms with van der Waals surface area (Å²) in [5, 5.41) is 10.3. The van der Waals surface area contributed by atoms with Crippen molar-refractivity contribution in [1.29, 1.82) is 0 Å². The number of aliphatic hydroxyl groups excluding tert-OH is 1. The van der Waals surface area contributed by atoms with Gasteiger partial charge in [-0.05, 0) is 33.6 Å². The van der Waals surface area contributed by atoms with Crippen molar-refractivity contribution in [3.8, 4) is 0 Å². The average molecular weight is 315 g/mol. The number of rotatable bonds is 3. The number of carbonyl (C=O) groups excluding carboxylic acids is 2. The number of hydrogen-bond acceptors (Lipinski definition) is 6. The van der Waals surface area contributed by atoms with Crippen LogP contribution in [0.4, 0.5) is 4.79 Å². The topological polar surface area (TPSA) is 85.3 Å². The molecule has 0 aromatic rings. The number of amides is 1. The van der Waals surface area contributed by atoms with Crippen molar-refractivity contribution in [1.82, 2.24) is 4.90 Å². The van der Waals surface area contributed by atoms with E-state index in [4.69, 9.17) is 9.47 Å². The molecule has 1 saturated heterocycles. The molecule has 0 radical (unpaired) electrons. The van der Waals surface area contributed by atoms with Crippen LogP contribution in [0.1, 0.15) is 33.6 Å². The minimum absolute atomic E-state index is 0.285. The van der Waals surface area contributed by atoms with Crippen molar-refractivity contribution in [3.05, 3.63) is 0 Å². The van der Waals surface area contributed by atoms with Crippen LogP contribution in [0.5, 0.6) is 0 Å². The summed E-state index contributed by atoms with van der Waals surface area (Å²) in [6.07, 6.45) is -0.397. The smallest absolute Gasteiger partial charge is 0.410 e. The van der Waals surface area contributed by atoms with Crippen LogP contribution in [0, 0.1) is 5.41 Å². The molecule has 1 heterocycles. The largest absolute Gasteiger partial charge is 0.467 e. The molecule has 2 fully saturated rings. The molecule has 7 heteroatoms. The Hall–Kier alpha value is -1.34. The van der Waals surface area contributed by atoms with Gasteiger partial charge in [0.15, 0.2) is 6.10 Å². The van der Waals surface area contributed by atoms with Gasteiger partial charge in [0.1, 0.15) is 5.60 Å². The molecule has 1 aliphatic carbocycles. The van der Waals surface area contributed by atoms with Crippen molar-refractivity contribution in [2.24, 2.45) is 5.41 Å². The van der Waals surface area contributed by atoms with Crippen molar-refractivity contribution >= 4 is 12.1 Å². The van der Waals surface area contributed by atoms with Crippen molar-refractivity contribution < 1.29 is 28.9 Å². The molecular formula is C15H25NO6. The summed E-state index contributed by atoms with van der Waals surface area (Å²) in [6, 6.07) is -0.384. The third-order valence-electron chi connectivity index (χ3n) is 4.22. The van der Waals surface area contributed by atoms with Crippen LogP contribution in [0.2, 0.25) is 0 Å². The highest BCUT2D eigenvalue weighted by atomic mass is 16.6. The number of ether oxygens (including phenoxy) is 3. The minimum Gasteiger partial charge on any atom is -0.467 e. The summed E-state index contributed by atoms with van der Waals surface area (Å²) in [6.45, 7) is 6.49. The van der Waals surface area contributed by atoms with Gasteiger partial charge in [-0.3, -0.25) is 4.90 Å². The maximum Gasteiger partial charge on any atom is 0.410 e. The zero-order valence-electron chi connectivity index (χ0n) is 13.6. The Labute approximate surface area is 130 Å². The van der Waals surface area contributed by atoms with Crippen molar-refractivity contribution in [2.75, 3.05) is 26.9 Å². The first-order chi connectivity index (χ1) is 10.2. The first-order valence-corrected chi connectivity index (χ1v) is 7.54. The van der Waals surface area contributed by atoms with Gasteiger partial charge in [-0.15, -0.1) is 0 Å². The third kappa shape index (κ3) is 3.35. The van der Waals surface area contributed by atoms with E-state index in [0.717, 1.165) is 0 Å². The molecule has 1 amide bonds. The van der Waals surface area contributed by atoms with E-state index < -0.39 is 29.2 Å². The maximum atomic E-state index is 12.4. The predicted octanol–water partition coefficient (Wildman–Crippen LogP) is 0.936. The van der Waals surface area contributed by atoms with Gasteiger partial charge < -0.3 is 19.3 Å². The molecule has 2 atom stereocenters. The van der Waals surface area contributed by atoms with Gasteiger partial charge in [0.05, 0.1) is 26.4 Å². The first-order valence-electron chi connectivity index (χ1n) is 7.54. The van der Waals surface area contributed by atoms with Gasteiger partial charge in [0.25, 0.3) is 0 Å². The second kappa shape index (κ2) is 6.04. The molecule has 0 bridgehead atoms. The molecule has 0 spiro atoms. The molecule has 1 aliphatic heterocycles. The minimum atomic E-state index is -1.26. The number of nitrogens with zero attached hydrogens (tertiary/aromatic N) is 1. The number of carbonyl (C=O) groups is 2. The summed E-state index contributed by atoms with van der Waals surface area (Å²) in [7, 11) is 1.24. The fourth-order valence-electron chi connectivity index (χ4n) is 2.90. The third-order valence-corrected chi connectivity index (χ3v) is 4.22. The lowest BCUT2D eigenvalue weighted by molar-refractivity contribution is -0.159. The Balaban J connectivity index is 2.16. The lowest BCUT2D eigenvalue weighted by atomic mass is 9.88. The first kappa shape index (κ1) is 17.0. The van der Waals surface area contributed by atoms with Gasteiger partial charge in [-0.2, -0.15) is 0 Å². The number of morpholine rings is 1. The van der Waals surface area contributed by atoms with Gasteiger partial charge in [-0.25, -0.2) is 9.59 Å². The average Bonchev–Trinajstić information content (AvgIpc) is 3.25. The molecule has 1 N–H and O–H groups in total. The van der Waals surface area contributed by atoms with E-state index in [2.05, 4.69) is 4.74 Å². The molecule has 126 valence electrons. The summed E-state index contributed by atoms with van der Waals surface area (Å²) < 4.78 is 15.5. The Morgan fingerprint density at radius 3 is 2.50 bits per heavy atom. The quantitative estimate of drug-likeness (QED) is 0.780. The van der Waals surface area contributed by atoms with Crippen LogP contribution >= 0.6 is 0 Å². The molecule has 22 heavy (non-hydrogen) atoms. The van der Waals surface area contributed by atoms with E-state index in [1.165, 1.54) is 7.11 Å². The highest BCUT2D eigenvalue weighted by molar-refractivity contribution is 5.76. The normalized spacial score (nSPS) is 25.3. The van der Waals surface area contributed by atoms with Crippen LogP contribution in [0.25, 0.3) is 0 Å². The zero-order chi connectivity index (χ0) is 16.5. The monoisotopic (exact) mass is 315 g/mol. The SMILES string of the molecule is COC(=O)C(O)C1(C2COCCN2C(=O)OC(C)(C)C)CC1. The molecule has 2 unspecified atom stereocenters. The summed E-state index contributed by atoms with van der Waals surface area (Å²) in [4.78, 5) is 25.7. The maximum absolute atomic E-state index is 12.4. The van der Waals surface area contributed by atoms with Crippen molar-refractivity contribution in [3.63, 3.8) is 0 Å². The van der Waals surface area contributed by atoms with Crippen LogP contribution in [0.15, 0.2) is 0 Å². The van der Waals surface area contributed by atoms with E-state index >= 15 is 0 Å². The Morgan fingerprint density at radius 2 is 2.00 bits per heavy atom. The van der Waals surface area contributed by atoms with Gasteiger partial charge in [0.2, 0.25) is 0 Å². The van der Waals surface area contributed by atoms with Crippen LogP contribution in [0.3, 0.4) is 0 Å². The van der Waals surface area contributed by atoms with Gasteiger partial charge in [0, 0.05) is 12.0 Å². The molecule has 2 rings (SSSR count). The van der Waals surface area contributed by atoms with Crippen molar-refractivity contribution in [2.45, 2.75) is 51.4 Å². The molecule has 0 aromatic heterocycles. The summed E-state index contributed by atoms with van der Waals surface area (Å²) in [5.74, 6) is -0.674. The second-order valence-electron chi connectivity index (χ2n) is 6.92. The van der Waals surface area contributed by atoms with E-state index in [1.807, 2.05) is 0 Å². The van der Waals surface area contributed by atoms with E-state index in [-0.39, 0.29) is 12.6 Å². The number of hydrogen-bond donors (Lipinski definition) is 1. The summed E-state index contributed by atoms with van der Waals surface area (Å²) in [5.41, 5.74) is -1.29. The fraction of sp³-hybridized carbons (Fsp3) is 0.867. The number of methoxy groups -OCH3 is 1. The zero-order valence-corrected chi connectivity index (χ0v) is 13.6. The molecule has 1 saturated carbocycles. The Morgan fingerprint density at radius 1 is 1.36 bits per heavy atom. The van der Waals surface area contributed by atoms with E-state index in [1.54, 1.807) is 25.7 Å². The standard InChI is InChI=1S/C15H25NO6/c1-14(2,3)22-13(19)16-7-8-21-9-10(16)15(5-6-15)11(17)12(18)20-4/h10-11,17H,5-9H2,1-4H3. The summed E-state index contributed by atoms with van der Waals surface area (Å²) >= 11 is 0. The molecular weight excluding hydrogens is 290 g/mol. The van der Waals surface area contributed by atoms with Gasteiger partial charge >= 0.3 is 12.1 Å². The number of esters is 1. The van der Waals surface area contributed by atoms with Gasteiger partial charge in [-0.1, -0.05) is 0 Å². The Bertz CT molecular complexity index is 440.